The van der Waals surface area contributed by atoms with Crippen LogP contribution in [0.3, 0.4) is 0 Å². The minimum Gasteiger partial charge on any atom is -0.317 e. The molecule has 5 heteroatoms. The quantitative estimate of drug-likeness (QED) is 0.769. The van der Waals surface area contributed by atoms with Crippen molar-refractivity contribution < 1.29 is 8.42 Å². The molecule has 0 saturated heterocycles. The highest BCUT2D eigenvalue weighted by Gasteiger charge is 2.23. The minimum atomic E-state index is -2.83. The first-order valence-electron chi connectivity index (χ1n) is 5.97. The molecule has 0 aromatic heterocycles. The van der Waals surface area contributed by atoms with Gasteiger partial charge in [-0.05, 0) is 39.8 Å². The van der Waals surface area contributed by atoms with Gasteiger partial charge in [-0.3, -0.25) is 0 Å². The van der Waals surface area contributed by atoms with Crippen LogP contribution in [0.4, 0.5) is 0 Å². The molecule has 0 atom stereocenters. The van der Waals surface area contributed by atoms with Crippen molar-refractivity contribution in [3.8, 4) is 0 Å². The molecule has 1 saturated carbocycles. The molecule has 0 amide bonds. The third-order valence-electron chi connectivity index (χ3n) is 3.54. The second-order valence-corrected chi connectivity index (χ2v) is 7.16. The first-order valence-corrected chi connectivity index (χ1v) is 8.03. The Morgan fingerprint density at radius 2 is 1.81 bits per heavy atom. The van der Waals surface area contributed by atoms with Crippen molar-refractivity contribution in [2.75, 3.05) is 32.6 Å². The number of hydrogen-bond acceptors (Lipinski definition) is 4. The van der Waals surface area contributed by atoms with E-state index in [9.17, 15) is 8.42 Å². The fraction of sp³-hybridized carbons (Fsp3) is 1.00. The summed E-state index contributed by atoms with van der Waals surface area (Å²) in [4.78, 5) is 2.20. The zero-order valence-corrected chi connectivity index (χ0v) is 11.4. The van der Waals surface area contributed by atoms with E-state index in [0.717, 1.165) is 0 Å². The van der Waals surface area contributed by atoms with Crippen LogP contribution < -0.4 is 5.32 Å². The van der Waals surface area contributed by atoms with Crippen LogP contribution in [0.25, 0.3) is 0 Å². The molecular weight excluding hydrogens is 224 g/mol. The Morgan fingerprint density at radius 1 is 1.25 bits per heavy atom. The number of sulfone groups is 1. The third kappa shape index (κ3) is 4.80. The van der Waals surface area contributed by atoms with Gasteiger partial charge >= 0.3 is 0 Å². The van der Waals surface area contributed by atoms with Gasteiger partial charge in [0.2, 0.25) is 0 Å². The van der Waals surface area contributed by atoms with Gasteiger partial charge in [-0.1, -0.05) is 0 Å². The summed E-state index contributed by atoms with van der Waals surface area (Å²) >= 11 is 0. The van der Waals surface area contributed by atoms with Crippen molar-refractivity contribution in [2.24, 2.45) is 0 Å². The van der Waals surface area contributed by atoms with E-state index in [2.05, 4.69) is 10.2 Å². The number of hydrogen-bond donors (Lipinski definition) is 1. The Hall–Kier alpha value is -0.130. The Labute approximate surface area is 99.3 Å². The summed E-state index contributed by atoms with van der Waals surface area (Å²) in [7, 11) is 1.22. The molecule has 1 fully saturated rings. The van der Waals surface area contributed by atoms with Crippen molar-refractivity contribution in [3.05, 3.63) is 0 Å². The molecule has 1 rings (SSSR count). The molecule has 0 spiro atoms. The van der Waals surface area contributed by atoms with Gasteiger partial charge < -0.3 is 10.2 Å². The van der Waals surface area contributed by atoms with Crippen LogP contribution in [0, 0.1) is 0 Å². The van der Waals surface area contributed by atoms with Gasteiger partial charge in [0.05, 0.1) is 5.75 Å². The van der Waals surface area contributed by atoms with Crippen molar-refractivity contribution in [2.45, 2.75) is 37.8 Å². The molecule has 4 nitrogen and oxygen atoms in total. The number of nitrogens with zero attached hydrogens (tertiary/aromatic N) is 1. The van der Waals surface area contributed by atoms with Crippen molar-refractivity contribution in [3.63, 3.8) is 0 Å². The van der Waals surface area contributed by atoms with Crippen LogP contribution in [-0.4, -0.2) is 58.1 Å². The van der Waals surface area contributed by atoms with Crippen molar-refractivity contribution in [1.29, 1.82) is 0 Å². The number of rotatable bonds is 5. The first kappa shape index (κ1) is 13.9. The lowest BCUT2D eigenvalue weighted by Gasteiger charge is -2.34. The Kier molecular flexibility index (Phi) is 5.21. The van der Waals surface area contributed by atoms with Gasteiger partial charge in [-0.15, -0.1) is 0 Å². The lowest BCUT2D eigenvalue weighted by Crippen LogP contribution is -2.41. The molecule has 0 aromatic rings. The monoisotopic (exact) mass is 248 g/mol. The summed E-state index contributed by atoms with van der Waals surface area (Å²) in [6, 6.07) is 1.21. The maximum atomic E-state index is 11.1. The summed E-state index contributed by atoms with van der Waals surface area (Å²) in [6.45, 7) is 0.660. The average molecular weight is 248 g/mol. The van der Waals surface area contributed by atoms with Crippen LogP contribution in [0.1, 0.15) is 25.7 Å². The van der Waals surface area contributed by atoms with E-state index in [1.54, 1.807) is 0 Å². The van der Waals surface area contributed by atoms with Crippen LogP contribution in [0.15, 0.2) is 0 Å². The highest BCUT2D eigenvalue weighted by Crippen LogP contribution is 2.21. The Balaban J connectivity index is 2.30. The van der Waals surface area contributed by atoms with Gasteiger partial charge in [-0.2, -0.15) is 0 Å². The lowest BCUT2D eigenvalue weighted by atomic mass is 9.90. The predicted octanol–water partition coefficient (Wildman–Crippen LogP) is 0.493. The van der Waals surface area contributed by atoms with Crippen LogP contribution in [-0.2, 0) is 9.84 Å². The Bertz CT molecular complexity index is 295. The molecule has 1 aliphatic rings. The largest absolute Gasteiger partial charge is 0.317 e. The number of nitrogens with one attached hydrogen (secondary N) is 1. The molecule has 0 unspecified atom stereocenters. The lowest BCUT2D eigenvalue weighted by molar-refractivity contribution is 0.184. The van der Waals surface area contributed by atoms with E-state index in [0.29, 0.717) is 18.6 Å². The van der Waals surface area contributed by atoms with Gasteiger partial charge in [-0.25, -0.2) is 8.42 Å². The second kappa shape index (κ2) is 5.98. The molecule has 0 aliphatic heterocycles. The maximum absolute atomic E-state index is 11.1. The normalized spacial score (nSPS) is 27.2. The molecule has 96 valence electrons. The predicted molar refractivity (Wildman–Crippen MR) is 67.4 cm³/mol. The SMILES string of the molecule is CNC1CCC(N(C)CCS(C)(=O)=O)CC1. The van der Waals surface area contributed by atoms with E-state index in [1.807, 2.05) is 14.1 Å². The summed E-state index contributed by atoms with van der Waals surface area (Å²) in [5.41, 5.74) is 0. The van der Waals surface area contributed by atoms with Gasteiger partial charge in [0, 0.05) is 24.9 Å². The topological polar surface area (TPSA) is 49.4 Å². The molecule has 1 aliphatic carbocycles. The maximum Gasteiger partial charge on any atom is 0.148 e. The van der Waals surface area contributed by atoms with Gasteiger partial charge in [0.25, 0.3) is 0 Å². The molecule has 0 radical (unpaired) electrons. The van der Waals surface area contributed by atoms with E-state index >= 15 is 0 Å². The summed E-state index contributed by atoms with van der Waals surface area (Å²) in [5.74, 6) is 0.273. The van der Waals surface area contributed by atoms with Crippen LogP contribution >= 0.6 is 0 Å². The molecule has 0 bridgehead atoms. The summed E-state index contributed by atoms with van der Waals surface area (Å²) < 4.78 is 22.2. The molecule has 1 N–H and O–H groups in total. The highest BCUT2D eigenvalue weighted by atomic mass is 32.2. The van der Waals surface area contributed by atoms with E-state index < -0.39 is 9.84 Å². The highest BCUT2D eigenvalue weighted by molar-refractivity contribution is 7.90. The molecular formula is C11H24N2O2S. The Morgan fingerprint density at radius 3 is 2.25 bits per heavy atom. The van der Waals surface area contributed by atoms with Crippen molar-refractivity contribution in [1.82, 2.24) is 10.2 Å². The fourth-order valence-electron chi connectivity index (χ4n) is 2.30. The van der Waals surface area contributed by atoms with Gasteiger partial charge in [0.15, 0.2) is 0 Å². The summed E-state index contributed by atoms with van der Waals surface area (Å²) in [6.07, 6.45) is 6.05. The molecule has 0 heterocycles. The van der Waals surface area contributed by atoms with E-state index in [1.165, 1.54) is 31.9 Å². The van der Waals surface area contributed by atoms with Gasteiger partial charge in [0.1, 0.15) is 9.84 Å². The molecule has 0 aromatic carbocycles. The second-order valence-electron chi connectivity index (χ2n) is 4.90. The third-order valence-corrected chi connectivity index (χ3v) is 4.47. The standard InChI is InChI=1S/C11H24N2O2S/c1-12-10-4-6-11(7-5-10)13(2)8-9-16(3,14)15/h10-12H,4-9H2,1-3H3. The minimum absolute atomic E-state index is 0.273. The smallest absolute Gasteiger partial charge is 0.148 e. The van der Waals surface area contributed by atoms with E-state index in [4.69, 9.17) is 0 Å². The molecule has 16 heavy (non-hydrogen) atoms. The van der Waals surface area contributed by atoms with E-state index in [-0.39, 0.29) is 5.75 Å². The average Bonchev–Trinajstić information content (AvgIpc) is 2.25. The fourth-order valence-corrected chi connectivity index (χ4v) is 2.92. The zero-order chi connectivity index (χ0) is 12.2. The first-order chi connectivity index (χ1) is 7.42. The summed E-state index contributed by atoms with van der Waals surface area (Å²) in [5, 5.41) is 3.31. The van der Waals surface area contributed by atoms with Crippen molar-refractivity contribution >= 4 is 9.84 Å². The van der Waals surface area contributed by atoms with Crippen LogP contribution in [0.5, 0.6) is 0 Å². The van der Waals surface area contributed by atoms with Crippen LogP contribution in [0.2, 0.25) is 0 Å². The zero-order valence-electron chi connectivity index (χ0n) is 10.6.